The van der Waals surface area contributed by atoms with E-state index in [1.807, 2.05) is 6.92 Å². The highest BCUT2D eigenvalue weighted by molar-refractivity contribution is 7.18. The summed E-state index contributed by atoms with van der Waals surface area (Å²) in [6, 6.07) is 0. The third kappa shape index (κ3) is 3.46. The molecule has 0 aliphatic heterocycles. The summed E-state index contributed by atoms with van der Waals surface area (Å²) in [6.45, 7) is 10.9. The van der Waals surface area contributed by atoms with Gasteiger partial charge < -0.3 is 0 Å². The van der Waals surface area contributed by atoms with Crippen LogP contribution in [0.3, 0.4) is 0 Å². The zero-order valence-electron chi connectivity index (χ0n) is 17.9. The molecule has 7 nitrogen and oxygen atoms in total. The van der Waals surface area contributed by atoms with Crippen molar-refractivity contribution in [3.8, 4) is 0 Å². The van der Waals surface area contributed by atoms with Gasteiger partial charge in [-0.2, -0.15) is 5.10 Å². The second-order valence-electron chi connectivity index (χ2n) is 8.89. The Balaban J connectivity index is 1.75. The smallest absolute Gasteiger partial charge is 0.267 e. The van der Waals surface area contributed by atoms with E-state index in [0.717, 1.165) is 29.7 Å². The fourth-order valence-electron chi connectivity index (χ4n) is 4.18. The largest absolute Gasteiger partial charge is 0.290 e. The van der Waals surface area contributed by atoms with Crippen LogP contribution in [0.2, 0.25) is 5.02 Å². The number of carbonyl (C=O) groups excluding carboxylic acids is 1. The minimum atomic E-state index is -0.484. The van der Waals surface area contributed by atoms with Gasteiger partial charge in [0.2, 0.25) is 0 Å². The number of nitrogens with zero attached hydrogens (tertiary/aromatic N) is 4. The average molecular weight is 448 g/mol. The molecule has 0 aromatic carbocycles. The Morgan fingerprint density at radius 1 is 1.40 bits per heavy atom. The molecule has 30 heavy (non-hydrogen) atoms. The molecule has 0 saturated heterocycles. The highest BCUT2D eigenvalue weighted by Crippen LogP contribution is 2.42. The fraction of sp³-hybridized carbons (Fsp3) is 0.524. The summed E-state index contributed by atoms with van der Waals surface area (Å²) >= 11 is 7.75. The van der Waals surface area contributed by atoms with E-state index in [-0.39, 0.29) is 21.7 Å². The SMILES string of the molecule is CCn1ncc(Cl)c1C(=O)Nn1c(C)nc2sc3c(c2c1=O)CCC(C(C)(C)C)C3. The topological polar surface area (TPSA) is 81.8 Å². The molecular formula is C21H26ClN5O2S. The second kappa shape index (κ2) is 7.50. The molecule has 9 heteroatoms. The van der Waals surface area contributed by atoms with Crippen LogP contribution in [0.5, 0.6) is 0 Å². The number of rotatable bonds is 3. The molecule has 1 aliphatic rings. The molecule has 1 unspecified atom stereocenters. The first kappa shape index (κ1) is 21.1. The van der Waals surface area contributed by atoms with E-state index in [9.17, 15) is 9.59 Å². The van der Waals surface area contributed by atoms with Gasteiger partial charge in [0, 0.05) is 11.4 Å². The predicted octanol–water partition coefficient (Wildman–Crippen LogP) is 4.17. The highest BCUT2D eigenvalue weighted by Gasteiger charge is 2.32. The monoisotopic (exact) mass is 447 g/mol. The maximum absolute atomic E-state index is 13.4. The zero-order valence-corrected chi connectivity index (χ0v) is 19.4. The lowest BCUT2D eigenvalue weighted by molar-refractivity contribution is 0.0996. The molecule has 3 heterocycles. The lowest BCUT2D eigenvalue weighted by Gasteiger charge is -2.33. The number of hydrogen-bond donors (Lipinski definition) is 1. The van der Waals surface area contributed by atoms with Gasteiger partial charge in [-0.3, -0.25) is 19.7 Å². The lowest BCUT2D eigenvalue weighted by Crippen LogP contribution is -2.36. The molecule has 0 spiro atoms. The van der Waals surface area contributed by atoms with Crippen molar-refractivity contribution in [2.75, 3.05) is 5.43 Å². The summed E-state index contributed by atoms with van der Waals surface area (Å²) in [5.41, 5.74) is 3.99. The van der Waals surface area contributed by atoms with Crippen LogP contribution in [0.1, 0.15) is 60.9 Å². The summed E-state index contributed by atoms with van der Waals surface area (Å²) in [5.74, 6) is 0.533. The van der Waals surface area contributed by atoms with E-state index in [0.29, 0.717) is 23.7 Å². The van der Waals surface area contributed by atoms with Gasteiger partial charge in [-0.25, -0.2) is 9.66 Å². The molecule has 1 N–H and O–H groups in total. The normalized spacial score (nSPS) is 16.7. The number of thiophene rings is 1. The van der Waals surface area contributed by atoms with Crippen molar-refractivity contribution in [3.63, 3.8) is 0 Å². The molecule has 4 rings (SSSR count). The Morgan fingerprint density at radius 3 is 2.80 bits per heavy atom. The molecule has 3 aromatic heterocycles. The van der Waals surface area contributed by atoms with Crippen molar-refractivity contribution in [2.24, 2.45) is 11.3 Å². The summed E-state index contributed by atoms with van der Waals surface area (Å²) in [4.78, 5) is 32.9. The number of fused-ring (bicyclic) bond motifs is 3. The first-order valence-electron chi connectivity index (χ1n) is 10.2. The number of halogens is 1. The van der Waals surface area contributed by atoms with Crippen LogP contribution < -0.4 is 11.0 Å². The Morgan fingerprint density at radius 2 is 2.13 bits per heavy atom. The van der Waals surface area contributed by atoms with Gasteiger partial charge in [-0.05, 0) is 50.0 Å². The second-order valence-corrected chi connectivity index (χ2v) is 10.4. The zero-order chi connectivity index (χ0) is 21.8. The van der Waals surface area contributed by atoms with E-state index in [2.05, 4.69) is 36.3 Å². The summed E-state index contributed by atoms with van der Waals surface area (Å²) in [6.07, 6.45) is 4.31. The summed E-state index contributed by atoms with van der Waals surface area (Å²) in [7, 11) is 0. The standard InChI is InChI=1S/C21H26ClN5O2S/c1-6-26-17(14(22)10-23-26)18(28)25-27-11(2)24-19-16(20(27)29)13-8-7-12(21(3,4)5)9-15(13)30-19/h10,12H,6-9H2,1-5H3,(H,25,28). The fourth-order valence-corrected chi connectivity index (χ4v) is 5.74. The number of hydrogen-bond acceptors (Lipinski definition) is 5. The number of aromatic nitrogens is 4. The van der Waals surface area contributed by atoms with Gasteiger partial charge in [-0.15, -0.1) is 11.3 Å². The maximum Gasteiger partial charge on any atom is 0.290 e. The van der Waals surface area contributed by atoms with Crippen LogP contribution >= 0.6 is 22.9 Å². The summed E-state index contributed by atoms with van der Waals surface area (Å²) in [5, 5.41) is 4.96. The van der Waals surface area contributed by atoms with Crippen LogP contribution in [0.15, 0.2) is 11.0 Å². The van der Waals surface area contributed by atoms with Crippen molar-refractivity contribution in [2.45, 2.75) is 60.4 Å². The molecular weight excluding hydrogens is 422 g/mol. The number of aryl methyl sites for hydroxylation is 3. The van der Waals surface area contributed by atoms with E-state index in [4.69, 9.17) is 11.6 Å². The number of amides is 1. The number of carbonyl (C=O) groups is 1. The molecule has 0 radical (unpaired) electrons. The van der Waals surface area contributed by atoms with E-state index < -0.39 is 5.91 Å². The Labute approximate surface area is 184 Å². The van der Waals surface area contributed by atoms with E-state index in [1.54, 1.807) is 18.3 Å². The third-order valence-corrected chi connectivity index (χ3v) is 7.42. The molecule has 0 fully saturated rings. The van der Waals surface area contributed by atoms with Gasteiger partial charge in [0.1, 0.15) is 16.3 Å². The van der Waals surface area contributed by atoms with Crippen LogP contribution in [0, 0.1) is 18.3 Å². The first-order valence-corrected chi connectivity index (χ1v) is 11.4. The highest BCUT2D eigenvalue weighted by atomic mass is 35.5. The van der Waals surface area contributed by atoms with Crippen molar-refractivity contribution in [1.29, 1.82) is 0 Å². The molecule has 3 aromatic rings. The van der Waals surface area contributed by atoms with Crippen LogP contribution in [-0.2, 0) is 19.4 Å². The van der Waals surface area contributed by atoms with Gasteiger partial charge in [0.05, 0.1) is 16.6 Å². The molecule has 0 saturated carbocycles. The van der Waals surface area contributed by atoms with Gasteiger partial charge in [0.15, 0.2) is 0 Å². The van der Waals surface area contributed by atoms with Crippen LogP contribution in [0.4, 0.5) is 0 Å². The predicted molar refractivity (Wildman–Crippen MR) is 120 cm³/mol. The van der Waals surface area contributed by atoms with Crippen LogP contribution in [0.25, 0.3) is 10.2 Å². The molecule has 1 aliphatic carbocycles. The third-order valence-electron chi connectivity index (χ3n) is 6.00. The van der Waals surface area contributed by atoms with Crippen molar-refractivity contribution >= 4 is 39.1 Å². The lowest BCUT2D eigenvalue weighted by atomic mass is 9.72. The average Bonchev–Trinajstić information content (AvgIpc) is 3.23. The van der Waals surface area contributed by atoms with E-state index >= 15 is 0 Å². The Kier molecular flexibility index (Phi) is 5.26. The number of nitrogens with one attached hydrogen (secondary N) is 1. The molecule has 1 amide bonds. The van der Waals surface area contributed by atoms with Crippen molar-refractivity contribution in [3.05, 3.63) is 43.5 Å². The molecule has 1 atom stereocenters. The Bertz CT molecular complexity index is 1200. The van der Waals surface area contributed by atoms with Crippen molar-refractivity contribution < 1.29 is 4.79 Å². The van der Waals surface area contributed by atoms with E-state index in [1.165, 1.54) is 20.4 Å². The van der Waals surface area contributed by atoms with Crippen molar-refractivity contribution in [1.82, 2.24) is 19.4 Å². The quantitative estimate of drug-likeness (QED) is 0.653. The van der Waals surface area contributed by atoms with Gasteiger partial charge in [0.25, 0.3) is 11.5 Å². The van der Waals surface area contributed by atoms with Gasteiger partial charge in [-0.1, -0.05) is 32.4 Å². The Hall–Kier alpha value is -2.19. The van der Waals surface area contributed by atoms with Gasteiger partial charge >= 0.3 is 0 Å². The minimum absolute atomic E-state index is 0.228. The van der Waals surface area contributed by atoms with Crippen LogP contribution in [-0.4, -0.2) is 25.3 Å². The molecule has 0 bridgehead atoms. The summed E-state index contributed by atoms with van der Waals surface area (Å²) < 4.78 is 2.74. The first-order chi connectivity index (χ1) is 14.1. The molecule has 160 valence electrons. The maximum atomic E-state index is 13.4. The minimum Gasteiger partial charge on any atom is -0.267 e.